The Labute approximate surface area is 116 Å². The van der Waals surface area contributed by atoms with Crippen LogP contribution < -0.4 is 5.73 Å². The molecule has 19 heavy (non-hydrogen) atoms. The number of rotatable bonds is 2. The van der Waals surface area contributed by atoms with Crippen LogP contribution >= 0.6 is 0 Å². The average molecular weight is 287 g/mol. The molecule has 2 unspecified atom stereocenters. The molecule has 0 radical (unpaired) electrons. The van der Waals surface area contributed by atoms with Crippen molar-refractivity contribution in [1.82, 2.24) is 9.80 Å². The molecule has 5 nitrogen and oxygen atoms in total. The second kappa shape index (κ2) is 4.98. The number of hydrogen-bond acceptors (Lipinski definition) is 5. The third-order valence-electron chi connectivity index (χ3n) is 5.22. The summed E-state index contributed by atoms with van der Waals surface area (Å²) in [4.78, 5) is 4.99. The number of sulfone groups is 1. The molecule has 3 aliphatic rings. The molecule has 3 aliphatic heterocycles. The van der Waals surface area contributed by atoms with Crippen molar-refractivity contribution in [3.63, 3.8) is 0 Å². The van der Waals surface area contributed by atoms with Gasteiger partial charge in [0.15, 0.2) is 9.84 Å². The number of nitrogens with zero attached hydrogens (tertiary/aromatic N) is 2. The zero-order valence-electron chi connectivity index (χ0n) is 11.6. The number of hydrogen-bond donors (Lipinski definition) is 1. The first-order valence-corrected chi connectivity index (χ1v) is 9.26. The minimum atomic E-state index is -2.88. The van der Waals surface area contributed by atoms with E-state index in [4.69, 9.17) is 5.73 Å². The molecular weight excluding hydrogens is 262 g/mol. The SMILES string of the molecule is NCC1(N2CCCN3CCCC3C2)CCS(=O)(=O)C1. The van der Waals surface area contributed by atoms with E-state index in [0.29, 0.717) is 18.3 Å². The van der Waals surface area contributed by atoms with E-state index in [1.807, 2.05) is 0 Å². The molecule has 0 bridgehead atoms. The largest absolute Gasteiger partial charge is 0.329 e. The van der Waals surface area contributed by atoms with Crippen LogP contribution in [0.4, 0.5) is 0 Å². The lowest BCUT2D eigenvalue weighted by Crippen LogP contribution is -2.57. The Morgan fingerprint density at radius 2 is 2.00 bits per heavy atom. The van der Waals surface area contributed by atoms with Gasteiger partial charge in [0.05, 0.1) is 11.5 Å². The van der Waals surface area contributed by atoms with Crippen molar-refractivity contribution in [2.24, 2.45) is 5.73 Å². The molecule has 0 aromatic heterocycles. The van der Waals surface area contributed by atoms with Crippen LogP contribution in [-0.2, 0) is 9.84 Å². The lowest BCUT2D eigenvalue weighted by molar-refractivity contribution is 0.105. The molecule has 3 fully saturated rings. The highest BCUT2D eigenvalue weighted by Crippen LogP contribution is 2.32. The predicted molar refractivity (Wildman–Crippen MR) is 75.8 cm³/mol. The van der Waals surface area contributed by atoms with Crippen LogP contribution in [0.3, 0.4) is 0 Å². The van der Waals surface area contributed by atoms with Gasteiger partial charge in [-0.3, -0.25) is 9.80 Å². The van der Waals surface area contributed by atoms with Crippen LogP contribution in [-0.4, -0.2) is 74.0 Å². The zero-order chi connectivity index (χ0) is 13.5. The summed E-state index contributed by atoms with van der Waals surface area (Å²) in [5.41, 5.74) is 5.71. The van der Waals surface area contributed by atoms with E-state index in [0.717, 1.165) is 32.5 Å². The minimum Gasteiger partial charge on any atom is -0.329 e. The smallest absolute Gasteiger partial charge is 0.152 e. The molecule has 0 saturated carbocycles. The van der Waals surface area contributed by atoms with Crippen molar-refractivity contribution in [2.45, 2.75) is 37.3 Å². The normalized spacial score (nSPS) is 40.2. The molecule has 0 aliphatic carbocycles. The fraction of sp³-hybridized carbons (Fsp3) is 1.00. The predicted octanol–water partition coefficient (Wildman–Crippen LogP) is -0.327. The van der Waals surface area contributed by atoms with Gasteiger partial charge < -0.3 is 5.73 Å². The molecule has 2 atom stereocenters. The highest BCUT2D eigenvalue weighted by atomic mass is 32.2. The summed E-state index contributed by atoms with van der Waals surface area (Å²) in [5.74, 6) is 0.582. The Morgan fingerprint density at radius 1 is 1.21 bits per heavy atom. The van der Waals surface area contributed by atoms with E-state index in [9.17, 15) is 8.42 Å². The average Bonchev–Trinajstić information content (AvgIpc) is 2.88. The van der Waals surface area contributed by atoms with Gasteiger partial charge in [-0.05, 0) is 38.8 Å². The lowest BCUT2D eigenvalue weighted by Gasteiger charge is -2.40. The fourth-order valence-electron chi connectivity index (χ4n) is 4.08. The van der Waals surface area contributed by atoms with Gasteiger partial charge in [-0.15, -0.1) is 0 Å². The first-order chi connectivity index (χ1) is 9.05. The molecule has 110 valence electrons. The van der Waals surface area contributed by atoms with Crippen LogP contribution in [0, 0.1) is 0 Å². The zero-order valence-corrected chi connectivity index (χ0v) is 12.4. The Kier molecular flexibility index (Phi) is 3.62. The molecule has 0 aromatic rings. The van der Waals surface area contributed by atoms with Crippen LogP contribution in [0.15, 0.2) is 0 Å². The fourth-order valence-corrected chi connectivity index (χ4v) is 6.17. The molecule has 3 rings (SSSR count). The maximum Gasteiger partial charge on any atom is 0.152 e. The van der Waals surface area contributed by atoms with Gasteiger partial charge in [0, 0.05) is 31.2 Å². The molecule has 2 N–H and O–H groups in total. The Morgan fingerprint density at radius 3 is 2.68 bits per heavy atom. The van der Waals surface area contributed by atoms with E-state index < -0.39 is 9.84 Å². The molecule has 3 saturated heterocycles. The monoisotopic (exact) mass is 287 g/mol. The number of nitrogens with two attached hydrogens (primary N) is 1. The van der Waals surface area contributed by atoms with Crippen molar-refractivity contribution in [3.8, 4) is 0 Å². The van der Waals surface area contributed by atoms with Gasteiger partial charge in [-0.1, -0.05) is 0 Å². The van der Waals surface area contributed by atoms with Gasteiger partial charge in [-0.2, -0.15) is 0 Å². The summed E-state index contributed by atoms with van der Waals surface area (Å²) >= 11 is 0. The summed E-state index contributed by atoms with van der Waals surface area (Å²) < 4.78 is 23.7. The molecule has 0 aromatic carbocycles. The first kappa shape index (κ1) is 13.8. The highest BCUT2D eigenvalue weighted by molar-refractivity contribution is 7.91. The standard InChI is InChI=1S/C13H25N3O2S/c14-10-13(4-8-19(17,18)11-13)16-7-2-6-15-5-1-3-12(15)9-16/h12H,1-11,14H2. The van der Waals surface area contributed by atoms with E-state index in [1.54, 1.807) is 0 Å². The highest BCUT2D eigenvalue weighted by Gasteiger charge is 2.47. The van der Waals surface area contributed by atoms with E-state index in [1.165, 1.54) is 19.4 Å². The summed E-state index contributed by atoms with van der Waals surface area (Å²) in [6.07, 6.45) is 4.40. The Hall–Kier alpha value is -0.170. The third kappa shape index (κ3) is 2.55. The van der Waals surface area contributed by atoms with Gasteiger partial charge in [0.2, 0.25) is 0 Å². The second-order valence-electron chi connectivity index (χ2n) is 6.40. The van der Waals surface area contributed by atoms with Crippen molar-refractivity contribution in [1.29, 1.82) is 0 Å². The topological polar surface area (TPSA) is 66.6 Å². The molecule has 0 amide bonds. The van der Waals surface area contributed by atoms with Gasteiger partial charge in [-0.25, -0.2) is 8.42 Å². The van der Waals surface area contributed by atoms with Crippen molar-refractivity contribution >= 4 is 9.84 Å². The molecule has 0 spiro atoms. The minimum absolute atomic E-state index is 0.267. The van der Waals surface area contributed by atoms with Crippen molar-refractivity contribution in [2.75, 3.05) is 44.2 Å². The van der Waals surface area contributed by atoms with Crippen LogP contribution in [0.2, 0.25) is 0 Å². The maximum absolute atomic E-state index is 11.9. The summed E-state index contributed by atoms with van der Waals surface area (Å²) in [6, 6.07) is 0.620. The van der Waals surface area contributed by atoms with E-state index >= 15 is 0 Å². The van der Waals surface area contributed by atoms with Gasteiger partial charge in [0.25, 0.3) is 0 Å². The van der Waals surface area contributed by atoms with Crippen molar-refractivity contribution in [3.05, 3.63) is 0 Å². The lowest BCUT2D eigenvalue weighted by atomic mass is 9.95. The first-order valence-electron chi connectivity index (χ1n) is 7.44. The molecular formula is C13H25N3O2S. The maximum atomic E-state index is 11.9. The van der Waals surface area contributed by atoms with E-state index in [2.05, 4.69) is 9.80 Å². The second-order valence-corrected chi connectivity index (χ2v) is 8.59. The number of fused-ring (bicyclic) bond motifs is 1. The third-order valence-corrected chi connectivity index (χ3v) is 7.02. The molecule has 3 heterocycles. The van der Waals surface area contributed by atoms with Crippen LogP contribution in [0.25, 0.3) is 0 Å². The Bertz CT molecular complexity index is 439. The quantitative estimate of drug-likeness (QED) is 0.753. The summed E-state index contributed by atoms with van der Waals surface area (Å²) in [6.45, 7) is 4.85. The van der Waals surface area contributed by atoms with Crippen LogP contribution in [0.1, 0.15) is 25.7 Å². The Balaban J connectivity index is 1.79. The summed E-state index contributed by atoms with van der Waals surface area (Å²) in [7, 11) is -2.88. The van der Waals surface area contributed by atoms with Gasteiger partial charge >= 0.3 is 0 Å². The van der Waals surface area contributed by atoms with Gasteiger partial charge in [0.1, 0.15) is 0 Å². The van der Waals surface area contributed by atoms with Crippen LogP contribution in [0.5, 0.6) is 0 Å². The summed E-state index contributed by atoms with van der Waals surface area (Å²) in [5, 5.41) is 0. The van der Waals surface area contributed by atoms with E-state index in [-0.39, 0.29) is 11.3 Å². The molecule has 6 heteroatoms. The van der Waals surface area contributed by atoms with Crippen molar-refractivity contribution < 1.29 is 8.42 Å².